The van der Waals surface area contributed by atoms with Crippen LogP contribution in [0.5, 0.6) is 0 Å². The van der Waals surface area contributed by atoms with Crippen LogP contribution >= 0.6 is 0 Å². The highest BCUT2D eigenvalue weighted by Gasteiger charge is 2.60. The average Bonchev–Trinajstić information content (AvgIpc) is 2.51. The molecule has 1 aliphatic rings. The zero-order valence-corrected chi connectivity index (χ0v) is 23.5. The van der Waals surface area contributed by atoms with Gasteiger partial charge in [-0.1, -0.05) is 79.9 Å². The van der Waals surface area contributed by atoms with Crippen LogP contribution < -0.4 is 9.11 Å². The Morgan fingerprint density at radius 1 is 0.931 bits per heavy atom. The fourth-order valence-corrected chi connectivity index (χ4v) is 15.8. The van der Waals surface area contributed by atoms with Gasteiger partial charge in [-0.2, -0.15) is 0 Å². The van der Waals surface area contributed by atoms with Gasteiger partial charge < -0.3 is 0 Å². The van der Waals surface area contributed by atoms with Crippen molar-refractivity contribution in [3.63, 3.8) is 0 Å². The standard InChI is InChI=1S/C19H40N2O4S2Si2/c1-17(2,3)28(8,9)19(27(24,25)20-7)14-12-13-16(15-19)26(22,23)21-29(10,11)18(4,5)6/h12-14,20-21H,15H2,1-11H3. The molecule has 0 aliphatic heterocycles. The van der Waals surface area contributed by atoms with Crippen molar-refractivity contribution in [1.29, 1.82) is 0 Å². The van der Waals surface area contributed by atoms with E-state index in [4.69, 9.17) is 0 Å². The van der Waals surface area contributed by atoms with E-state index in [1.165, 1.54) is 7.05 Å². The Hall–Kier alpha value is -0.266. The topological polar surface area (TPSA) is 92.3 Å². The zero-order valence-electron chi connectivity index (χ0n) is 19.9. The molecule has 0 aromatic carbocycles. The van der Waals surface area contributed by atoms with Crippen LogP contribution in [0.1, 0.15) is 48.0 Å². The van der Waals surface area contributed by atoms with E-state index in [1.807, 2.05) is 67.7 Å². The highest BCUT2D eigenvalue weighted by Crippen LogP contribution is 2.50. The molecule has 2 N–H and O–H groups in total. The van der Waals surface area contributed by atoms with E-state index in [0.29, 0.717) is 0 Å². The normalized spacial score (nSPS) is 22.5. The molecule has 170 valence electrons. The fourth-order valence-electron chi connectivity index (χ4n) is 3.19. The predicted molar refractivity (Wildman–Crippen MR) is 129 cm³/mol. The van der Waals surface area contributed by atoms with Crippen molar-refractivity contribution in [3.8, 4) is 0 Å². The van der Waals surface area contributed by atoms with Crippen LogP contribution in [0.3, 0.4) is 0 Å². The van der Waals surface area contributed by atoms with Gasteiger partial charge in [-0.05, 0) is 23.2 Å². The predicted octanol–water partition coefficient (Wildman–Crippen LogP) is 4.09. The number of hydrogen-bond donors (Lipinski definition) is 2. The maximum absolute atomic E-state index is 13.3. The minimum Gasteiger partial charge on any atom is -0.233 e. The molecule has 0 fully saturated rings. The molecule has 0 saturated carbocycles. The number of allylic oxidation sites excluding steroid dienone is 3. The van der Waals surface area contributed by atoms with Gasteiger partial charge in [0.1, 0.15) is 12.6 Å². The van der Waals surface area contributed by atoms with Crippen LogP contribution in [0, 0.1) is 0 Å². The zero-order chi connectivity index (χ0) is 23.3. The van der Waals surface area contributed by atoms with Crippen LogP contribution in [0.15, 0.2) is 23.1 Å². The van der Waals surface area contributed by atoms with E-state index < -0.39 is 40.7 Å². The Balaban J connectivity index is 3.61. The number of sulfonamides is 2. The molecule has 0 saturated heterocycles. The molecular weight excluding hydrogens is 441 g/mol. The lowest BCUT2D eigenvalue weighted by Crippen LogP contribution is -2.66. The van der Waals surface area contributed by atoms with E-state index in [0.717, 1.165) is 0 Å². The molecule has 29 heavy (non-hydrogen) atoms. The van der Waals surface area contributed by atoms with Crippen molar-refractivity contribution in [3.05, 3.63) is 23.1 Å². The van der Waals surface area contributed by atoms with Gasteiger partial charge in [-0.15, -0.1) is 0 Å². The van der Waals surface area contributed by atoms with Gasteiger partial charge in [0, 0.05) is 6.42 Å². The van der Waals surface area contributed by atoms with Crippen LogP contribution in [-0.4, -0.2) is 44.6 Å². The summed E-state index contributed by atoms with van der Waals surface area (Å²) < 4.78 is 57.5. The van der Waals surface area contributed by atoms with Crippen molar-refractivity contribution in [1.82, 2.24) is 9.11 Å². The monoisotopic (exact) mass is 480 g/mol. The Morgan fingerprint density at radius 2 is 1.41 bits per heavy atom. The molecule has 1 atom stereocenters. The summed E-state index contributed by atoms with van der Waals surface area (Å²) in [6.45, 7) is 20.2. The van der Waals surface area contributed by atoms with Gasteiger partial charge in [0.2, 0.25) is 20.0 Å². The smallest absolute Gasteiger partial charge is 0.230 e. The summed E-state index contributed by atoms with van der Waals surface area (Å²) in [6.07, 6.45) is 4.82. The van der Waals surface area contributed by atoms with Gasteiger partial charge in [0.25, 0.3) is 0 Å². The van der Waals surface area contributed by atoms with Crippen molar-refractivity contribution in [2.24, 2.45) is 0 Å². The summed E-state index contributed by atoms with van der Waals surface area (Å²) in [7, 11) is -11.2. The van der Waals surface area contributed by atoms with Crippen molar-refractivity contribution < 1.29 is 16.8 Å². The van der Waals surface area contributed by atoms with E-state index in [1.54, 1.807) is 18.2 Å². The second kappa shape index (κ2) is 7.70. The van der Waals surface area contributed by atoms with E-state index in [2.05, 4.69) is 9.11 Å². The summed E-state index contributed by atoms with van der Waals surface area (Å²) in [4.78, 5) is 0.147. The molecule has 0 radical (unpaired) electrons. The third-order valence-corrected chi connectivity index (χ3v) is 25.5. The first kappa shape index (κ1) is 26.8. The van der Waals surface area contributed by atoms with Crippen molar-refractivity contribution in [2.75, 3.05) is 7.05 Å². The van der Waals surface area contributed by atoms with Crippen LogP contribution in [0.25, 0.3) is 0 Å². The van der Waals surface area contributed by atoms with Gasteiger partial charge in [0.05, 0.1) is 13.0 Å². The van der Waals surface area contributed by atoms with E-state index >= 15 is 0 Å². The first-order chi connectivity index (χ1) is 12.6. The Morgan fingerprint density at radius 3 is 1.79 bits per heavy atom. The molecule has 0 bridgehead atoms. The summed E-state index contributed by atoms with van der Waals surface area (Å²) in [5.74, 6) is 0. The highest BCUT2D eigenvalue weighted by atomic mass is 32.2. The Kier molecular flexibility index (Phi) is 7.11. The van der Waals surface area contributed by atoms with Gasteiger partial charge >= 0.3 is 0 Å². The first-order valence-corrected chi connectivity index (χ1v) is 18.9. The molecule has 0 aromatic rings. The third-order valence-electron chi connectivity index (χ3n) is 7.38. The Bertz CT molecular complexity index is 907. The summed E-state index contributed by atoms with van der Waals surface area (Å²) in [6, 6.07) is 0. The average molecular weight is 481 g/mol. The lowest BCUT2D eigenvalue weighted by Gasteiger charge is -2.51. The van der Waals surface area contributed by atoms with Crippen LogP contribution in [0.2, 0.25) is 36.3 Å². The lowest BCUT2D eigenvalue weighted by atomic mass is 10.2. The maximum Gasteiger partial charge on any atom is 0.230 e. The molecule has 1 unspecified atom stereocenters. The fraction of sp³-hybridized carbons (Fsp3) is 0.789. The molecule has 6 nitrogen and oxygen atoms in total. The summed E-state index contributed by atoms with van der Waals surface area (Å²) in [5, 5.41) is -0.445. The van der Waals surface area contributed by atoms with Crippen LogP contribution in [0.4, 0.5) is 0 Å². The highest BCUT2D eigenvalue weighted by molar-refractivity contribution is 7.95. The summed E-state index contributed by atoms with van der Waals surface area (Å²) in [5.41, 5.74) is 0. The number of nitrogens with one attached hydrogen (secondary N) is 2. The quantitative estimate of drug-likeness (QED) is 0.560. The Labute approximate surface area is 180 Å². The van der Waals surface area contributed by atoms with Gasteiger partial charge in [-0.3, -0.25) is 0 Å². The van der Waals surface area contributed by atoms with Gasteiger partial charge in [-0.25, -0.2) is 25.9 Å². The SMILES string of the molecule is CNS(=O)(=O)C1([Si](C)(C)C(C)(C)C)C=CC=C(S(=O)(=O)N[Si](C)(C)C(C)(C)C)C1. The largest absolute Gasteiger partial charge is 0.233 e. The van der Waals surface area contributed by atoms with E-state index in [-0.39, 0.29) is 21.4 Å². The third kappa shape index (κ3) is 4.67. The van der Waals surface area contributed by atoms with Crippen molar-refractivity contribution >= 4 is 36.4 Å². The molecule has 0 amide bonds. The molecule has 1 rings (SSSR count). The van der Waals surface area contributed by atoms with E-state index in [9.17, 15) is 16.8 Å². The first-order valence-electron chi connectivity index (χ1n) is 9.93. The molecule has 0 spiro atoms. The summed E-state index contributed by atoms with van der Waals surface area (Å²) >= 11 is 0. The molecular formula is C19H40N2O4S2Si2. The lowest BCUT2D eigenvalue weighted by molar-refractivity contribution is 0.560. The maximum atomic E-state index is 13.3. The number of hydrogen-bond acceptors (Lipinski definition) is 4. The second-order valence-corrected chi connectivity index (χ2v) is 26.4. The second-order valence-electron chi connectivity index (χ2n) is 11.1. The minimum absolute atomic E-state index is 0.0485. The molecule has 0 heterocycles. The molecule has 0 aromatic heterocycles. The molecule has 10 heteroatoms. The van der Waals surface area contributed by atoms with Crippen molar-refractivity contribution in [2.45, 2.75) is 88.6 Å². The molecule has 1 aliphatic carbocycles. The van der Waals surface area contributed by atoms with Gasteiger partial charge in [0.15, 0.2) is 0 Å². The van der Waals surface area contributed by atoms with Crippen LogP contribution in [-0.2, 0) is 20.0 Å². The number of rotatable bonds is 6. The minimum atomic E-state index is -3.82.